The summed E-state index contributed by atoms with van der Waals surface area (Å²) in [5.41, 5.74) is -1.67. The van der Waals surface area contributed by atoms with E-state index in [2.05, 4.69) is 0 Å². The van der Waals surface area contributed by atoms with Gasteiger partial charge in [-0.1, -0.05) is 32.4 Å². The third kappa shape index (κ3) is 3.64. The van der Waals surface area contributed by atoms with Gasteiger partial charge in [-0.25, -0.2) is 4.79 Å². The van der Waals surface area contributed by atoms with Gasteiger partial charge in [0, 0.05) is 29.1 Å². The Hall–Kier alpha value is -1.96. The first-order chi connectivity index (χ1) is 17.8. The summed E-state index contributed by atoms with van der Waals surface area (Å²) in [4.78, 5) is 50.4. The summed E-state index contributed by atoms with van der Waals surface area (Å²) in [6.07, 6.45) is 7.46. The molecule has 0 spiro atoms. The van der Waals surface area contributed by atoms with Crippen molar-refractivity contribution in [2.75, 3.05) is 6.61 Å². The van der Waals surface area contributed by atoms with Crippen molar-refractivity contribution in [2.24, 2.45) is 28.6 Å². The third-order valence-electron chi connectivity index (χ3n) is 9.97. The summed E-state index contributed by atoms with van der Waals surface area (Å²) < 4.78 is 11.4. The van der Waals surface area contributed by atoms with Crippen LogP contribution in [0.5, 0.6) is 0 Å². The highest BCUT2D eigenvalue weighted by atomic mass is 35.5. The van der Waals surface area contributed by atoms with Gasteiger partial charge in [-0.2, -0.15) is 11.3 Å². The van der Waals surface area contributed by atoms with Crippen LogP contribution in [0.2, 0.25) is 0 Å². The van der Waals surface area contributed by atoms with Gasteiger partial charge >= 0.3 is 11.9 Å². The lowest BCUT2D eigenvalue weighted by Crippen LogP contribution is -2.68. The van der Waals surface area contributed by atoms with Crippen LogP contribution >= 0.6 is 34.5 Å². The van der Waals surface area contributed by atoms with Crippen molar-refractivity contribution in [2.45, 2.75) is 69.2 Å². The minimum Gasteiger partial charge on any atom is -0.458 e. The Labute approximate surface area is 236 Å². The first kappa shape index (κ1) is 27.6. The lowest BCUT2D eigenvalue weighted by atomic mass is 9.46. The molecule has 5 rings (SSSR count). The van der Waals surface area contributed by atoms with E-state index in [9.17, 15) is 19.2 Å². The number of alkyl halides is 2. The second-order valence-corrected chi connectivity index (χ2v) is 13.6. The average molecular weight is 580 g/mol. The van der Waals surface area contributed by atoms with Gasteiger partial charge in [-0.3, -0.25) is 14.4 Å². The Balaban J connectivity index is 1.61. The van der Waals surface area contributed by atoms with E-state index in [1.165, 1.54) is 18.3 Å². The highest BCUT2D eigenvalue weighted by Gasteiger charge is 2.76. The molecule has 0 radical (unpaired) electrons. The van der Waals surface area contributed by atoms with E-state index < -0.39 is 51.0 Å². The van der Waals surface area contributed by atoms with Crippen molar-refractivity contribution in [3.05, 3.63) is 46.2 Å². The first-order valence-electron chi connectivity index (χ1n) is 13.0. The van der Waals surface area contributed by atoms with Gasteiger partial charge in [0.25, 0.3) is 0 Å². The molecule has 0 bridgehead atoms. The largest absolute Gasteiger partial charge is 0.458 e. The van der Waals surface area contributed by atoms with Crippen LogP contribution in [-0.4, -0.2) is 46.0 Å². The van der Waals surface area contributed by atoms with Crippen molar-refractivity contribution in [3.63, 3.8) is 0 Å². The van der Waals surface area contributed by atoms with Crippen molar-refractivity contribution < 1.29 is 28.7 Å². The molecule has 1 heterocycles. The van der Waals surface area contributed by atoms with Crippen molar-refractivity contribution >= 4 is 58.0 Å². The number of ketones is 2. The van der Waals surface area contributed by atoms with Gasteiger partial charge in [0.15, 0.2) is 18.0 Å². The molecular weight excluding hydrogens is 547 g/mol. The number of hydrogen-bond acceptors (Lipinski definition) is 7. The topological polar surface area (TPSA) is 86.7 Å². The van der Waals surface area contributed by atoms with Gasteiger partial charge in [0.2, 0.25) is 5.78 Å². The maximum absolute atomic E-state index is 14.0. The number of ether oxygens (including phenoxy) is 2. The number of fused-ring (bicyclic) bond motifs is 5. The maximum atomic E-state index is 14.0. The van der Waals surface area contributed by atoms with Crippen molar-refractivity contribution in [3.8, 4) is 0 Å². The smallest absolute Gasteiger partial charge is 0.340 e. The standard InChI is InChI=1S/C29H32Cl2O6S/c1-16-11-22-21-6-5-19-12-20(33)7-9-26(19,3)28(21,31)23(30)13-27(22,4)29(16,24(34)14-36-17(2)32)37-25(35)18-8-10-38-15-18/h7-10,12,15-16,21-23H,5-6,11,13-14H2,1-4H3/t16?,21?,22?,23?,26?,27?,28-,29-/m0/s1. The lowest BCUT2D eigenvalue weighted by molar-refractivity contribution is -0.173. The third-order valence-corrected chi connectivity index (χ3v) is 12.2. The summed E-state index contributed by atoms with van der Waals surface area (Å²) in [6, 6.07) is 1.66. The fraction of sp³-hybridized carbons (Fsp3) is 0.586. The van der Waals surface area contributed by atoms with Gasteiger partial charge in [0.05, 0.1) is 15.8 Å². The number of Topliss-reactive ketones (excluding diaryl/α,β-unsaturated/α-hetero) is 1. The van der Waals surface area contributed by atoms with Crippen LogP contribution in [0.4, 0.5) is 0 Å². The van der Waals surface area contributed by atoms with Gasteiger partial charge in [0.1, 0.15) is 0 Å². The number of carbonyl (C=O) groups is 4. The molecule has 6 unspecified atom stereocenters. The molecule has 8 atom stereocenters. The number of carbonyl (C=O) groups excluding carboxylic acids is 4. The molecule has 9 heteroatoms. The van der Waals surface area contributed by atoms with E-state index in [-0.39, 0.29) is 23.5 Å². The Morgan fingerprint density at radius 3 is 2.61 bits per heavy atom. The molecule has 0 aromatic carbocycles. The summed E-state index contributed by atoms with van der Waals surface area (Å²) in [5.74, 6) is -2.21. The van der Waals surface area contributed by atoms with E-state index in [4.69, 9.17) is 32.7 Å². The summed E-state index contributed by atoms with van der Waals surface area (Å²) >= 11 is 16.3. The molecule has 204 valence electrons. The summed E-state index contributed by atoms with van der Waals surface area (Å²) in [5, 5.41) is 2.88. The van der Waals surface area contributed by atoms with Crippen molar-refractivity contribution in [1.82, 2.24) is 0 Å². The molecule has 1 aromatic rings. The molecule has 0 N–H and O–H groups in total. The average Bonchev–Trinajstić information content (AvgIpc) is 3.46. The van der Waals surface area contributed by atoms with Crippen molar-refractivity contribution in [1.29, 1.82) is 0 Å². The van der Waals surface area contributed by atoms with Crippen LogP contribution in [0.3, 0.4) is 0 Å². The van der Waals surface area contributed by atoms with Crippen LogP contribution in [0.15, 0.2) is 40.6 Å². The van der Waals surface area contributed by atoms with Crippen LogP contribution in [0, 0.1) is 28.6 Å². The fourth-order valence-electron chi connectivity index (χ4n) is 8.19. The number of hydrogen-bond donors (Lipinski definition) is 0. The summed E-state index contributed by atoms with van der Waals surface area (Å²) in [7, 11) is 0. The molecule has 38 heavy (non-hydrogen) atoms. The predicted molar refractivity (Wildman–Crippen MR) is 145 cm³/mol. The Morgan fingerprint density at radius 1 is 1.21 bits per heavy atom. The quantitative estimate of drug-likeness (QED) is 0.319. The number of esters is 2. The fourth-order valence-corrected chi connectivity index (χ4v) is 10.1. The predicted octanol–water partition coefficient (Wildman–Crippen LogP) is 5.91. The molecule has 0 saturated heterocycles. The molecule has 4 aliphatic carbocycles. The maximum Gasteiger partial charge on any atom is 0.340 e. The molecule has 1 aromatic heterocycles. The minimum atomic E-state index is -1.55. The van der Waals surface area contributed by atoms with Gasteiger partial charge in [-0.05, 0) is 61.1 Å². The van der Waals surface area contributed by atoms with Gasteiger partial charge in [-0.15, -0.1) is 23.2 Å². The van der Waals surface area contributed by atoms with Gasteiger partial charge < -0.3 is 9.47 Å². The van der Waals surface area contributed by atoms with Crippen LogP contribution < -0.4 is 0 Å². The Kier molecular flexibility index (Phi) is 6.76. The SMILES string of the molecule is CC(=O)OCC(=O)[C@@]1(OC(=O)c2ccsc2)C(C)CC2C3CCC4=CC(=O)C=CC4(C)[C@@]3(Cl)C(Cl)CC21C. The van der Waals surface area contributed by atoms with E-state index in [0.29, 0.717) is 31.2 Å². The Morgan fingerprint density at radius 2 is 1.95 bits per heavy atom. The molecule has 6 nitrogen and oxygen atoms in total. The second-order valence-electron chi connectivity index (χ2n) is 11.7. The molecule has 0 aliphatic heterocycles. The number of rotatable bonds is 5. The highest BCUT2D eigenvalue weighted by molar-refractivity contribution is 7.08. The van der Waals surface area contributed by atoms with E-state index >= 15 is 0 Å². The number of thiophene rings is 1. The second kappa shape index (κ2) is 9.31. The van der Waals surface area contributed by atoms with Crippen LogP contribution in [0.1, 0.15) is 63.7 Å². The molecule has 4 aliphatic rings. The molecule has 0 amide bonds. The van der Waals surface area contributed by atoms with Crippen LogP contribution in [0.25, 0.3) is 0 Å². The summed E-state index contributed by atoms with van der Waals surface area (Å²) in [6.45, 7) is 6.70. The van der Waals surface area contributed by atoms with E-state index in [1.807, 2.05) is 26.8 Å². The zero-order valence-corrected chi connectivity index (χ0v) is 24.3. The van der Waals surface area contributed by atoms with E-state index in [0.717, 1.165) is 5.57 Å². The zero-order valence-electron chi connectivity index (χ0n) is 21.9. The molecule has 3 fully saturated rings. The minimum absolute atomic E-state index is 0.0483. The normalized spacial score (nSPS) is 41.4. The lowest BCUT2D eigenvalue weighted by Gasteiger charge is -2.64. The number of allylic oxidation sites excluding steroid dienone is 4. The first-order valence-corrected chi connectivity index (χ1v) is 14.8. The number of halogens is 2. The van der Waals surface area contributed by atoms with Crippen LogP contribution in [-0.2, 0) is 23.9 Å². The molecule has 3 saturated carbocycles. The van der Waals surface area contributed by atoms with E-state index in [1.54, 1.807) is 29.0 Å². The monoisotopic (exact) mass is 578 g/mol. The highest BCUT2D eigenvalue weighted by Crippen LogP contribution is 2.73. The zero-order chi connectivity index (χ0) is 27.7. The Bertz CT molecular complexity index is 1260. The molecular formula is C29H32Cl2O6S.